The maximum absolute atomic E-state index is 6.46. The Hall–Kier alpha value is -0.860. The third kappa shape index (κ3) is 2.45. The molecule has 1 saturated heterocycles. The molecule has 1 aliphatic heterocycles. The summed E-state index contributed by atoms with van der Waals surface area (Å²) in [5.41, 5.74) is 4.06. The minimum atomic E-state index is 0.0115. The summed E-state index contributed by atoms with van der Waals surface area (Å²) in [6, 6.07) is 6.48. The van der Waals surface area contributed by atoms with Crippen molar-refractivity contribution in [3.63, 3.8) is 0 Å². The van der Waals surface area contributed by atoms with E-state index < -0.39 is 0 Å². The summed E-state index contributed by atoms with van der Waals surface area (Å²) in [5, 5.41) is 3.56. The highest BCUT2D eigenvalue weighted by Gasteiger charge is 2.35. The molecular formula is C16H25NO. The summed E-state index contributed by atoms with van der Waals surface area (Å²) in [7, 11) is 0. The molecular weight excluding hydrogens is 222 g/mol. The van der Waals surface area contributed by atoms with Gasteiger partial charge in [-0.05, 0) is 43.4 Å². The van der Waals surface area contributed by atoms with Crippen LogP contribution in [0.2, 0.25) is 0 Å². The second-order valence-corrected chi connectivity index (χ2v) is 5.43. The van der Waals surface area contributed by atoms with Crippen LogP contribution in [-0.4, -0.2) is 18.7 Å². The number of morpholine rings is 1. The van der Waals surface area contributed by atoms with Crippen molar-refractivity contribution < 1.29 is 4.74 Å². The highest BCUT2D eigenvalue weighted by atomic mass is 16.5. The number of hydrogen-bond acceptors (Lipinski definition) is 2. The first-order valence-corrected chi connectivity index (χ1v) is 7.06. The van der Waals surface area contributed by atoms with Gasteiger partial charge >= 0.3 is 0 Å². The Morgan fingerprint density at radius 2 is 1.83 bits per heavy atom. The van der Waals surface area contributed by atoms with E-state index in [4.69, 9.17) is 4.74 Å². The van der Waals surface area contributed by atoms with Gasteiger partial charge in [0.15, 0.2) is 0 Å². The van der Waals surface area contributed by atoms with Crippen LogP contribution >= 0.6 is 0 Å². The van der Waals surface area contributed by atoms with Crippen LogP contribution in [0, 0.1) is 13.8 Å². The zero-order valence-electron chi connectivity index (χ0n) is 12.0. The quantitative estimate of drug-likeness (QED) is 0.882. The van der Waals surface area contributed by atoms with Gasteiger partial charge in [0.05, 0.1) is 11.7 Å². The molecule has 100 valence electrons. The summed E-state index contributed by atoms with van der Waals surface area (Å²) < 4.78 is 6.46. The number of hydrogen-bond donors (Lipinski definition) is 1. The van der Waals surface area contributed by atoms with Crippen molar-refractivity contribution in [1.82, 2.24) is 5.32 Å². The second-order valence-electron chi connectivity index (χ2n) is 5.43. The first-order valence-electron chi connectivity index (χ1n) is 7.06. The lowest BCUT2D eigenvalue weighted by molar-refractivity contribution is -0.122. The Labute approximate surface area is 111 Å². The Morgan fingerprint density at radius 3 is 2.39 bits per heavy atom. The molecule has 0 aromatic heterocycles. The molecule has 0 spiro atoms. The molecule has 1 atom stereocenters. The van der Waals surface area contributed by atoms with Gasteiger partial charge in [-0.1, -0.05) is 32.0 Å². The van der Waals surface area contributed by atoms with Crippen LogP contribution in [0.5, 0.6) is 0 Å². The van der Waals surface area contributed by atoms with Gasteiger partial charge in [-0.3, -0.25) is 0 Å². The maximum atomic E-state index is 6.46. The van der Waals surface area contributed by atoms with Gasteiger partial charge in [-0.25, -0.2) is 0 Å². The van der Waals surface area contributed by atoms with Crippen LogP contribution in [0.3, 0.4) is 0 Å². The topological polar surface area (TPSA) is 21.3 Å². The minimum absolute atomic E-state index is 0.0115. The van der Waals surface area contributed by atoms with Gasteiger partial charge in [0.25, 0.3) is 0 Å². The third-order valence-electron chi connectivity index (χ3n) is 4.32. The molecule has 1 aromatic carbocycles. The average molecular weight is 247 g/mol. The summed E-state index contributed by atoms with van der Waals surface area (Å²) in [6.07, 6.45) is 2.33. The molecule has 1 unspecified atom stereocenters. The van der Waals surface area contributed by atoms with Crippen LogP contribution < -0.4 is 5.32 Å². The number of benzene rings is 1. The minimum Gasteiger partial charge on any atom is -0.364 e. The van der Waals surface area contributed by atoms with E-state index in [0.29, 0.717) is 0 Å². The zero-order valence-corrected chi connectivity index (χ0v) is 12.0. The van der Waals surface area contributed by atoms with Crippen molar-refractivity contribution in [3.8, 4) is 0 Å². The predicted octanol–water partition coefficient (Wildman–Crippen LogP) is 3.52. The molecule has 1 aromatic rings. The van der Waals surface area contributed by atoms with Crippen LogP contribution in [0.25, 0.3) is 0 Å². The summed E-state index contributed by atoms with van der Waals surface area (Å²) >= 11 is 0. The molecule has 0 bridgehead atoms. The smallest absolute Gasteiger partial charge is 0.0962 e. The van der Waals surface area contributed by atoms with E-state index in [-0.39, 0.29) is 11.7 Å². The largest absolute Gasteiger partial charge is 0.364 e. The van der Waals surface area contributed by atoms with Gasteiger partial charge in [0.2, 0.25) is 0 Å². The van der Waals surface area contributed by atoms with Crippen LogP contribution in [0.15, 0.2) is 18.2 Å². The van der Waals surface area contributed by atoms with Gasteiger partial charge in [0, 0.05) is 13.1 Å². The van der Waals surface area contributed by atoms with E-state index in [2.05, 4.69) is 51.2 Å². The normalized spacial score (nSPS) is 23.0. The lowest BCUT2D eigenvalue weighted by Crippen LogP contribution is -2.50. The molecule has 1 aliphatic rings. The molecule has 0 saturated carbocycles. The van der Waals surface area contributed by atoms with Crippen molar-refractivity contribution in [3.05, 3.63) is 34.9 Å². The van der Waals surface area contributed by atoms with Crippen molar-refractivity contribution in [1.29, 1.82) is 0 Å². The Morgan fingerprint density at radius 1 is 1.22 bits per heavy atom. The first-order chi connectivity index (χ1) is 8.62. The van der Waals surface area contributed by atoms with Crippen molar-refractivity contribution in [2.24, 2.45) is 0 Å². The Bertz CT molecular complexity index is 389. The lowest BCUT2D eigenvalue weighted by atomic mass is 9.91. The van der Waals surface area contributed by atoms with Crippen LogP contribution in [0.1, 0.15) is 49.5 Å². The zero-order chi connectivity index (χ0) is 13.2. The highest BCUT2D eigenvalue weighted by Crippen LogP contribution is 2.34. The van der Waals surface area contributed by atoms with E-state index in [1.165, 1.54) is 16.7 Å². The summed E-state index contributed by atoms with van der Waals surface area (Å²) in [5.74, 6) is 0. The molecule has 0 aliphatic carbocycles. The first kappa shape index (κ1) is 13.6. The Balaban J connectivity index is 2.28. The molecule has 2 nitrogen and oxygen atoms in total. The Kier molecular flexibility index (Phi) is 4.08. The monoisotopic (exact) mass is 247 g/mol. The van der Waals surface area contributed by atoms with E-state index in [1.54, 1.807) is 0 Å². The molecule has 1 fully saturated rings. The molecule has 1 N–H and O–H groups in total. The summed E-state index contributed by atoms with van der Waals surface area (Å²) in [4.78, 5) is 0. The molecule has 0 amide bonds. The van der Waals surface area contributed by atoms with E-state index in [1.807, 2.05) is 0 Å². The molecule has 1 heterocycles. The fraction of sp³-hybridized carbons (Fsp3) is 0.625. The SMILES string of the molecule is CCC1(CC)CNCC(c2c(C)cccc2C)O1. The number of aryl methyl sites for hydroxylation is 2. The number of ether oxygens (including phenoxy) is 1. The summed E-state index contributed by atoms with van der Waals surface area (Å²) in [6.45, 7) is 10.7. The highest BCUT2D eigenvalue weighted by molar-refractivity contribution is 5.36. The fourth-order valence-corrected chi connectivity index (χ4v) is 2.98. The second kappa shape index (κ2) is 5.41. The maximum Gasteiger partial charge on any atom is 0.0962 e. The van der Waals surface area contributed by atoms with Gasteiger partial charge in [-0.15, -0.1) is 0 Å². The molecule has 2 heteroatoms. The van der Waals surface area contributed by atoms with Gasteiger partial charge in [0.1, 0.15) is 0 Å². The van der Waals surface area contributed by atoms with Gasteiger partial charge in [-0.2, -0.15) is 0 Å². The third-order valence-corrected chi connectivity index (χ3v) is 4.32. The van der Waals surface area contributed by atoms with Crippen molar-refractivity contribution in [2.45, 2.75) is 52.2 Å². The lowest BCUT2D eigenvalue weighted by Gasteiger charge is -2.41. The fourth-order valence-electron chi connectivity index (χ4n) is 2.98. The van der Waals surface area contributed by atoms with Crippen LogP contribution in [0.4, 0.5) is 0 Å². The van der Waals surface area contributed by atoms with E-state index >= 15 is 0 Å². The van der Waals surface area contributed by atoms with E-state index in [0.717, 1.165) is 25.9 Å². The van der Waals surface area contributed by atoms with Gasteiger partial charge < -0.3 is 10.1 Å². The molecule has 0 radical (unpaired) electrons. The van der Waals surface area contributed by atoms with Crippen molar-refractivity contribution >= 4 is 0 Å². The standard InChI is InChI=1S/C16H25NO/c1-5-16(6-2)11-17-10-14(18-16)15-12(3)8-7-9-13(15)4/h7-9,14,17H,5-6,10-11H2,1-4H3. The number of rotatable bonds is 3. The van der Waals surface area contributed by atoms with Crippen LogP contribution in [-0.2, 0) is 4.74 Å². The number of nitrogens with one attached hydrogen (secondary N) is 1. The molecule has 18 heavy (non-hydrogen) atoms. The van der Waals surface area contributed by atoms with E-state index in [9.17, 15) is 0 Å². The molecule has 2 rings (SSSR count). The predicted molar refractivity (Wildman–Crippen MR) is 75.9 cm³/mol. The van der Waals surface area contributed by atoms with Crippen molar-refractivity contribution in [2.75, 3.05) is 13.1 Å². The average Bonchev–Trinajstić information content (AvgIpc) is 2.39.